The molecule has 1 amide bonds. The van der Waals surface area contributed by atoms with Gasteiger partial charge in [0.2, 0.25) is 0 Å². The molecule has 7 heteroatoms. The lowest BCUT2D eigenvalue weighted by Crippen LogP contribution is -2.29. The number of phenols is 1. The van der Waals surface area contributed by atoms with Gasteiger partial charge in [0, 0.05) is 11.9 Å². The van der Waals surface area contributed by atoms with Gasteiger partial charge in [-0.25, -0.2) is 4.99 Å². The summed E-state index contributed by atoms with van der Waals surface area (Å²) in [5.41, 5.74) is 4.62. The van der Waals surface area contributed by atoms with Crippen molar-refractivity contribution in [3.8, 4) is 5.75 Å². The zero-order valence-corrected chi connectivity index (χ0v) is 21.8. The van der Waals surface area contributed by atoms with E-state index in [1.165, 1.54) is 11.8 Å². The summed E-state index contributed by atoms with van der Waals surface area (Å²) >= 11 is 3.04. The highest BCUT2D eigenvalue weighted by Gasteiger charge is 2.39. The molecule has 1 N–H and O–H groups in total. The topological polar surface area (TPSA) is 56.1 Å². The Morgan fingerprint density at radius 1 is 1.00 bits per heavy atom. The molecule has 5 rings (SSSR count). The van der Waals surface area contributed by atoms with E-state index in [1.807, 2.05) is 76.3 Å². The van der Waals surface area contributed by atoms with Crippen molar-refractivity contribution >= 4 is 46.0 Å². The number of carbonyl (C=O) groups is 1. The van der Waals surface area contributed by atoms with Crippen LogP contribution in [0.3, 0.4) is 0 Å². The minimum absolute atomic E-state index is 0.0414. The minimum atomic E-state index is -0.0414. The molecule has 178 valence electrons. The number of amides is 1. The normalized spacial score (nSPS) is 18.8. The van der Waals surface area contributed by atoms with Crippen molar-refractivity contribution < 1.29 is 9.90 Å². The molecule has 35 heavy (non-hydrogen) atoms. The molecular weight excluding hydrogens is 474 g/mol. The number of aromatic hydroxyl groups is 1. The summed E-state index contributed by atoms with van der Waals surface area (Å²) in [6, 6.07) is 21.9. The molecule has 0 saturated carbocycles. The molecule has 0 bridgehead atoms. The summed E-state index contributed by atoms with van der Waals surface area (Å²) in [5.74, 6) is 0.398. The van der Waals surface area contributed by atoms with E-state index in [0.717, 1.165) is 38.0 Å². The van der Waals surface area contributed by atoms with Gasteiger partial charge in [-0.1, -0.05) is 68.1 Å². The Morgan fingerprint density at radius 3 is 2.43 bits per heavy atom. The van der Waals surface area contributed by atoms with Gasteiger partial charge in [0.15, 0.2) is 5.17 Å². The fourth-order valence-electron chi connectivity index (χ4n) is 4.21. The molecular formula is C28H27N3O2S2. The van der Waals surface area contributed by atoms with Gasteiger partial charge in [-0.15, -0.1) is 0 Å². The van der Waals surface area contributed by atoms with Crippen LogP contribution in [0.25, 0.3) is 0 Å². The van der Waals surface area contributed by atoms with E-state index in [4.69, 9.17) is 4.99 Å². The summed E-state index contributed by atoms with van der Waals surface area (Å²) < 4.78 is 0. The highest BCUT2D eigenvalue weighted by Crippen LogP contribution is 2.50. The number of aryl methyl sites for hydroxylation is 1. The third kappa shape index (κ3) is 4.46. The lowest BCUT2D eigenvalue weighted by atomic mass is 9.99. The number of amidine groups is 1. The molecule has 1 fully saturated rings. The second kappa shape index (κ2) is 9.47. The molecule has 0 aromatic heterocycles. The molecule has 1 saturated heterocycles. The molecule has 0 aliphatic carbocycles. The van der Waals surface area contributed by atoms with Crippen LogP contribution in [0.2, 0.25) is 0 Å². The zero-order chi connectivity index (χ0) is 24.7. The van der Waals surface area contributed by atoms with Crippen molar-refractivity contribution in [2.24, 2.45) is 4.99 Å². The van der Waals surface area contributed by atoms with Crippen molar-refractivity contribution in [1.29, 1.82) is 0 Å². The van der Waals surface area contributed by atoms with Crippen molar-refractivity contribution in [2.45, 2.75) is 38.1 Å². The maximum atomic E-state index is 13.8. The predicted molar refractivity (Wildman–Crippen MR) is 146 cm³/mol. The van der Waals surface area contributed by atoms with E-state index in [1.54, 1.807) is 22.7 Å². The number of hydrogen-bond acceptors (Lipinski definition) is 6. The number of rotatable bonds is 4. The van der Waals surface area contributed by atoms with Crippen LogP contribution in [-0.2, 0) is 11.3 Å². The Kier molecular flexibility index (Phi) is 6.38. The Labute approximate surface area is 214 Å². The highest BCUT2D eigenvalue weighted by molar-refractivity contribution is 8.19. The summed E-state index contributed by atoms with van der Waals surface area (Å²) in [4.78, 5) is 24.5. The van der Waals surface area contributed by atoms with Gasteiger partial charge >= 0.3 is 0 Å². The van der Waals surface area contributed by atoms with Crippen molar-refractivity contribution in [3.63, 3.8) is 0 Å². The van der Waals surface area contributed by atoms with Gasteiger partial charge in [0.05, 0.1) is 22.9 Å². The van der Waals surface area contributed by atoms with Crippen LogP contribution in [0.1, 0.15) is 36.5 Å². The van der Waals surface area contributed by atoms with Crippen molar-refractivity contribution in [2.75, 3.05) is 11.9 Å². The van der Waals surface area contributed by atoms with E-state index in [9.17, 15) is 9.90 Å². The molecule has 0 unspecified atom stereocenters. The molecule has 3 aromatic rings. The number of anilines is 1. The molecule has 0 spiro atoms. The Bertz CT molecular complexity index is 1370. The van der Waals surface area contributed by atoms with Crippen LogP contribution in [0, 0.1) is 6.92 Å². The maximum absolute atomic E-state index is 13.8. The first-order valence-corrected chi connectivity index (χ1v) is 13.2. The first-order chi connectivity index (χ1) is 16.8. The van der Waals surface area contributed by atoms with Gasteiger partial charge < -0.3 is 10.0 Å². The standard InChI is InChI=1S/C28H27N3O2S2/c1-17(2)20-15-21(18(3)14-23(20)32)29-28-31(16-19-10-6-5-7-11-19)26(33)25(35-28)27-30(4)22-12-8-9-13-24(22)34-27/h5-15,17,32H,16H2,1-4H3/b27-25+,29-28?. The van der Waals surface area contributed by atoms with Gasteiger partial charge in [-0.3, -0.25) is 9.69 Å². The quantitative estimate of drug-likeness (QED) is 0.390. The molecule has 0 atom stereocenters. The number of nitrogens with zero attached hydrogens (tertiary/aromatic N) is 3. The van der Waals surface area contributed by atoms with Gasteiger partial charge in [0.1, 0.15) is 10.7 Å². The van der Waals surface area contributed by atoms with E-state index < -0.39 is 0 Å². The molecule has 2 aliphatic rings. The number of carbonyl (C=O) groups excluding carboxylic acids is 1. The smallest absolute Gasteiger partial charge is 0.269 e. The lowest BCUT2D eigenvalue weighted by molar-refractivity contribution is -0.122. The number of thioether (sulfide) groups is 2. The van der Waals surface area contributed by atoms with Crippen LogP contribution in [0.5, 0.6) is 5.75 Å². The van der Waals surface area contributed by atoms with Crippen LogP contribution in [0.4, 0.5) is 11.4 Å². The second-order valence-electron chi connectivity index (χ2n) is 8.99. The van der Waals surface area contributed by atoms with Gasteiger partial charge in [0.25, 0.3) is 5.91 Å². The fraction of sp³-hybridized carbons (Fsp3) is 0.214. The van der Waals surface area contributed by atoms with Crippen molar-refractivity contribution in [3.05, 3.63) is 93.4 Å². The third-order valence-corrected chi connectivity index (χ3v) is 8.59. The molecule has 2 aliphatic heterocycles. The lowest BCUT2D eigenvalue weighted by Gasteiger charge is -2.17. The first-order valence-electron chi connectivity index (χ1n) is 11.5. The number of hydrogen-bond donors (Lipinski definition) is 1. The van der Waals surface area contributed by atoms with Gasteiger partial charge in [-0.2, -0.15) is 0 Å². The number of aliphatic imine (C=N–C) groups is 1. The number of phenolic OH excluding ortho intramolecular Hbond substituents is 1. The summed E-state index contributed by atoms with van der Waals surface area (Å²) in [7, 11) is 2.00. The molecule has 2 heterocycles. The predicted octanol–water partition coefficient (Wildman–Crippen LogP) is 7.00. The monoisotopic (exact) mass is 501 g/mol. The maximum Gasteiger partial charge on any atom is 0.269 e. The van der Waals surface area contributed by atoms with Crippen LogP contribution < -0.4 is 4.90 Å². The summed E-state index contributed by atoms with van der Waals surface area (Å²) in [5, 5.41) is 12.0. The van der Waals surface area contributed by atoms with E-state index in [0.29, 0.717) is 16.6 Å². The third-order valence-electron chi connectivity index (χ3n) is 6.16. The minimum Gasteiger partial charge on any atom is -0.508 e. The number of benzene rings is 3. The molecule has 0 radical (unpaired) electrons. The highest BCUT2D eigenvalue weighted by atomic mass is 32.2. The van der Waals surface area contributed by atoms with Gasteiger partial charge in [-0.05, 0) is 65.6 Å². The summed E-state index contributed by atoms with van der Waals surface area (Å²) in [6.07, 6.45) is 0. The van der Waals surface area contributed by atoms with E-state index >= 15 is 0 Å². The van der Waals surface area contributed by atoms with E-state index in [-0.39, 0.29) is 17.6 Å². The van der Waals surface area contributed by atoms with Crippen LogP contribution in [-0.4, -0.2) is 28.1 Å². The number of para-hydroxylation sites is 1. The first kappa shape index (κ1) is 23.6. The number of fused-ring (bicyclic) bond motifs is 1. The Hall–Kier alpha value is -3.16. The fourth-order valence-corrected chi connectivity index (χ4v) is 6.54. The van der Waals surface area contributed by atoms with Crippen LogP contribution >= 0.6 is 23.5 Å². The Balaban J connectivity index is 1.59. The molecule has 3 aromatic carbocycles. The van der Waals surface area contributed by atoms with Crippen LogP contribution in [0.15, 0.2) is 86.6 Å². The SMILES string of the molecule is Cc1cc(O)c(C(C)C)cc1N=C1S/C(=C2/Sc3ccccc3N2C)C(=O)N1Cc1ccccc1. The average molecular weight is 502 g/mol. The largest absolute Gasteiger partial charge is 0.508 e. The average Bonchev–Trinajstić information content (AvgIpc) is 3.33. The second-order valence-corrected chi connectivity index (χ2v) is 11.0. The Morgan fingerprint density at radius 2 is 1.71 bits per heavy atom. The molecule has 5 nitrogen and oxygen atoms in total. The zero-order valence-electron chi connectivity index (χ0n) is 20.1. The summed E-state index contributed by atoms with van der Waals surface area (Å²) in [6.45, 7) is 6.47. The van der Waals surface area contributed by atoms with E-state index in [2.05, 4.69) is 17.0 Å². The van der Waals surface area contributed by atoms with Crippen molar-refractivity contribution in [1.82, 2.24) is 4.90 Å².